The van der Waals surface area contributed by atoms with Crippen molar-refractivity contribution in [3.63, 3.8) is 0 Å². The summed E-state index contributed by atoms with van der Waals surface area (Å²) in [4.78, 5) is 8.49. The third-order valence-electron chi connectivity index (χ3n) is 3.20. The van der Waals surface area contributed by atoms with Crippen molar-refractivity contribution in [3.05, 3.63) is 59.2 Å². The quantitative estimate of drug-likeness (QED) is 0.891. The molecular formula is C16H21N3. The molecule has 0 aliphatic rings. The van der Waals surface area contributed by atoms with Crippen LogP contribution in [0.15, 0.2) is 36.9 Å². The highest BCUT2D eigenvalue weighted by molar-refractivity contribution is 5.35. The molecule has 2 heterocycles. The zero-order valence-electron chi connectivity index (χ0n) is 11.9. The summed E-state index contributed by atoms with van der Waals surface area (Å²) in [6.07, 6.45) is 8.71. The molecule has 100 valence electrons. The second kappa shape index (κ2) is 6.43. The first-order chi connectivity index (χ1) is 9.22. The molecule has 0 fully saturated rings. The highest BCUT2D eigenvalue weighted by Crippen LogP contribution is 2.24. The van der Waals surface area contributed by atoms with Gasteiger partial charge in [0.25, 0.3) is 0 Å². The number of rotatable bonds is 5. The monoisotopic (exact) mass is 255 g/mol. The van der Waals surface area contributed by atoms with Gasteiger partial charge in [0.1, 0.15) is 0 Å². The summed E-state index contributed by atoms with van der Waals surface area (Å²) >= 11 is 0. The molecule has 1 atom stereocenters. The van der Waals surface area contributed by atoms with Gasteiger partial charge in [-0.25, -0.2) is 0 Å². The van der Waals surface area contributed by atoms with Crippen LogP contribution in [0.5, 0.6) is 0 Å². The molecule has 3 nitrogen and oxygen atoms in total. The maximum absolute atomic E-state index is 4.31. The molecule has 0 spiro atoms. The van der Waals surface area contributed by atoms with E-state index in [0.717, 1.165) is 13.0 Å². The molecule has 0 radical (unpaired) electrons. The lowest BCUT2D eigenvalue weighted by molar-refractivity contribution is 0.593. The Bertz CT molecular complexity index is 537. The van der Waals surface area contributed by atoms with E-state index in [1.165, 1.54) is 22.3 Å². The minimum atomic E-state index is 0.190. The highest BCUT2D eigenvalue weighted by atomic mass is 14.9. The largest absolute Gasteiger partial charge is 0.306 e. The van der Waals surface area contributed by atoms with Gasteiger partial charge in [-0.15, -0.1) is 0 Å². The summed E-state index contributed by atoms with van der Waals surface area (Å²) in [5, 5.41) is 3.60. The summed E-state index contributed by atoms with van der Waals surface area (Å²) in [7, 11) is 0. The minimum Gasteiger partial charge on any atom is -0.306 e. The highest BCUT2D eigenvalue weighted by Gasteiger charge is 2.15. The lowest BCUT2D eigenvalue weighted by atomic mass is 9.96. The number of aryl methyl sites for hydroxylation is 2. The smallest absolute Gasteiger partial charge is 0.0595 e. The van der Waals surface area contributed by atoms with Crippen LogP contribution in [0, 0.1) is 13.8 Å². The number of aromatic nitrogens is 2. The van der Waals surface area contributed by atoms with E-state index in [1.54, 1.807) is 0 Å². The fourth-order valence-corrected chi connectivity index (χ4v) is 2.24. The van der Waals surface area contributed by atoms with Gasteiger partial charge in [-0.2, -0.15) is 0 Å². The number of nitrogens with zero attached hydrogens (tertiary/aromatic N) is 2. The molecule has 1 unspecified atom stereocenters. The summed E-state index contributed by atoms with van der Waals surface area (Å²) in [6, 6.07) is 4.47. The van der Waals surface area contributed by atoms with Gasteiger partial charge in [-0.1, -0.05) is 13.0 Å². The van der Waals surface area contributed by atoms with E-state index in [4.69, 9.17) is 0 Å². The molecule has 0 aromatic carbocycles. The van der Waals surface area contributed by atoms with E-state index >= 15 is 0 Å². The van der Waals surface area contributed by atoms with E-state index in [0.29, 0.717) is 0 Å². The van der Waals surface area contributed by atoms with Gasteiger partial charge in [-0.05, 0) is 55.1 Å². The second-order valence-electron chi connectivity index (χ2n) is 4.92. The Kier molecular flexibility index (Phi) is 4.63. The average molecular weight is 255 g/mol. The van der Waals surface area contributed by atoms with E-state index in [1.807, 2.05) is 24.8 Å². The van der Waals surface area contributed by atoms with Crippen molar-refractivity contribution >= 4 is 0 Å². The van der Waals surface area contributed by atoms with Crippen molar-refractivity contribution in [1.29, 1.82) is 0 Å². The van der Waals surface area contributed by atoms with Gasteiger partial charge in [0, 0.05) is 24.8 Å². The van der Waals surface area contributed by atoms with Gasteiger partial charge in [-0.3, -0.25) is 9.97 Å². The zero-order valence-corrected chi connectivity index (χ0v) is 11.9. The summed E-state index contributed by atoms with van der Waals surface area (Å²) in [6.45, 7) is 7.34. The molecule has 0 saturated heterocycles. The topological polar surface area (TPSA) is 37.8 Å². The third-order valence-corrected chi connectivity index (χ3v) is 3.20. The van der Waals surface area contributed by atoms with E-state index in [-0.39, 0.29) is 6.04 Å². The van der Waals surface area contributed by atoms with Gasteiger partial charge < -0.3 is 5.32 Å². The van der Waals surface area contributed by atoms with E-state index < -0.39 is 0 Å². The first-order valence-corrected chi connectivity index (χ1v) is 6.77. The average Bonchev–Trinajstić information content (AvgIpc) is 2.41. The number of nitrogens with one attached hydrogen (secondary N) is 1. The van der Waals surface area contributed by atoms with Crippen LogP contribution in [0.25, 0.3) is 0 Å². The molecule has 0 aliphatic carbocycles. The SMILES string of the molecule is CCCNC(c1cncc(C)c1)c1ccncc1C. The number of pyridine rings is 2. The van der Waals surface area contributed by atoms with Crippen LogP contribution in [-0.2, 0) is 0 Å². The van der Waals surface area contributed by atoms with Gasteiger partial charge >= 0.3 is 0 Å². The Morgan fingerprint density at radius 2 is 2.00 bits per heavy atom. The van der Waals surface area contributed by atoms with Crippen molar-refractivity contribution in [2.75, 3.05) is 6.54 Å². The normalized spacial score (nSPS) is 12.4. The Morgan fingerprint density at radius 3 is 2.68 bits per heavy atom. The van der Waals surface area contributed by atoms with Crippen LogP contribution in [-0.4, -0.2) is 16.5 Å². The van der Waals surface area contributed by atoms with Crippen LogP contribution in [0.4, 0.5) is 0 Å². The summed E-state index contributed by atoms with van der Waals surface area (Å²) < 4.78 is 0. The molecule has 2 aromatic rings. The van der Waals surface area contributed by atoms with Gasteiger partial charge in [0.2, 0.25) is 0 Å². The minimum absolute atomic E-state index is 0.190. The zero-order chi connectivity index (χ0) is 13.7. The summed E-state index contributed by atoms with van der Waals surface area (Å²) in [5.74, 6) is 0. The van der Waals surface area contributed by atoms with Crippen LogP contribution >= 0.6 is 0 Å². The Morgan fingerprint density at radius 1 is 1.16 bits per heavy atom. The lowest BCUT2D eigenvalue weighted by Gasteiger charge is -2.21. The molecule has 2 aromatic heterocycles. The molecule has 2 rings (SSSR count). The molecule has 0 bridgehead atoms. The maximum Gasteiger partial charge on any atom is 0.0595 e. The van der Waals surface area contributed by atoms with Crippen LogP contribution < -0.4 is 5.32 Å². The Hall–Kier alpha value is -1.74. The van der Waals surface area contributed by atoms with Gasteiger partial charge in [0.05, 0.1) is 6.04 Å². The van der Waals surface area contributed by atoms with E-state index in [9.17, 15) is 0 Å². The Labute approximate surface area is 115 Å². The molecule has 19 heavy (non-hydrogen) atoms. The number of hydrogen-bond acceptors (Lipinski definition) is 3. The molecule has 1 N–H and O–H groups in total. The third kappa shape index (κ3) is 3.38. The predicted octanol–water partition coefficient (Wildman–Crippen LogP) is 3.18. The fourth-order valence-electron chi connectivity index (χ4n) is 2.24. The fraction of sp³-hybridized carbons (Fsp3) is 0.375. The first kappa shape index (κ1) is 13.7. The lowest BCUT2D eigenvalue weighted by Crippen LogP contribution is -2.24. The molecule has 0 saturated carbocycles. The summed E-state index contributed by atoms with van der Waals surface area (Å²) in [5.41, 5.74) is 4.88. The predicted molar refractivity (Wildman–Crippen MR) is 78.1 cm³/mol. The molecular weight excluding hydrogens is 234 g/mol. The van der Waals surface area contributed by atoms with Crippen molar-refractivity contribution in [1.82, 2.24) is 15.3 Å². The molecule has 0 amide bonds. The maximum atomic E-state index is 4.31. The van der Waals surface area contributed by atoms with Crippen molar-refractivity contribution in [3.8, 4) is 0 Å². The second-order valence-corrected chi connectivity index (χ2v) is 4.92. The Balaban J connectivity index is 2.38. The van der Waals surface area contributed by atoms with Crippen molar-refractivity contribution < 1.29 is 0 Å². The van der Waals surface area contributed by atoms with Crippen LogP contribution in [0.1, 0.15) is 41.6 Å². The van der Waals surface area contributed by atoms with Crippen LogP contribution in [0.3, 0.4) is 0 Å². The molecule has 0 aliphatic heterocycles. The molecule has 3 heteroatoms. The number of hydrogen-bond donors (Lipinski definition) is 1. The van der Waals surface area contributed by atoms with E-state index in [2.05, 4.69) is 48.2 Å². The van der Waals surface area contributed by atoms with Crippen molar-refractivity contribution in [2.45, 2.75) is 33.2 Å². The standard InChI is InChI=1S/C16H21N3/c1-4-6-19-16(14-8-12(2)9-18-11-14)15-5-7-17-10-13(15)3/h5,7-11,16,19H,4,6H2,1-3H3. The van der Waals surface area contributed by atoms with Crippen LogP contribution in [0.2, 0.25) is 0 Å². The van der Waals surface area contributed by atoms with Gasteiger partial charge in [0.15, 0.2) is 0 Å². The first-order valence-electron chi connectivity index (χ1n) is 6.77. The van der Waals surface area contributed by atoms with Crippen molar-refractivity contribution in [2.24, 2.45) is 0 Å².